The summed E-state index contributed by atoms with van der Waals surface area (Å²) in [6, 6.07) is 8.93. The maximum absolute atomic E-state index is 13.8. The minimum absolute atomic E-state index is 0.0594. The monoisotopic (exact) mass is 304 g/mol. The van der Waals surface area contributed by atoms with Crippen LogP contribution in [0.5, 0.6) is 5.75 Å². The van der Waals surface area contributed by atoms with Crippen LogP contribution in [-0.2, 0) is 0 Å². The zero-order chi connectivity index (χ0) is 15.7. The molecule has 0 atom stereocenters. The van der Waals surface area contributed by atoms with E-state index < -0.39 is 12.4 Å². The summed E-state index contributed by atoms with van der Waals surface area (Å²) in [4.78, 5) is 8.33. The maximum atomic E-state index is 13.8. The summed E-state index contributed by atoms with van der Waals surface area (Å²) in [6.45, 7) is -1.09. The van der Waals surface area contributed by atoms with Crippen molar-refractivity contribution in [1.29, 1.82) is 0 Å². The van der Waals surface area contributed by atoms with Gasteiger partial charge in [-0.1, -0.05) is 0 Å². The van der Waals surface area contributed by atoms with Gasteiger partial charge in [-0.2, -0.15) is 8.78 Å². The fourth-order valence-corrected chi connectivity index (χ4v) is 2.25. The average Bonchev–Trinajstić information content (AvgIpc) is 2.47. The molecule has 0 radical (unpaired) electrons. The highest BCUT2D eigenvalue weighted by molar-refractivity contribution is 5.85. The van der Waals surface area contributed by atoms with Crippen LogP contribution in [0.3, 0.4) is 0 Å². The molecule has 2 heterocycles. The average molecular weight is 304 g/mol. The summed E-state index contributed by atoms with van der Waals surface area (Å²) in [6.07, 6.45) is 1.49. The van der Waals surface area contributed by atoms with Gasteiger partial charge in [0.2, 0.25) is 0 Å². The normalized spacial score (nSPS) is 11.1. The molecule has 22 heavy (non-hydrogen) atoms. The first kappa shape index (κ1) is 14.3. The van der Waals surface area contributed by atoms with Crippen LogP contribution in [0.4, 0.5) is 13.2 Å². The van der Waals surface area contributed by atoms with Crippen LogP contribution in [0.1, 0.15) is 5.56 Å². The number of alkyl halides is 2. The molecule has 0 bridgehead atoms. The van der Waals surface area contributed by atoms with E-state index in [1.165, 1.54) is 30.5 Å². The number of ether oxygens (including phenoxy) is 1. The van der Waals surface area contributed by atoms with Crippen LogP contribution in [0.2, 0.25) is 0 Å². The molecule has 0 spiro atoms. The van der Waals surface area contributed by atoms with E-state index in [1.54, 1.807) is 19.1 Å². The van der Waals surface area contributed by atoms with Gasteiger partial charge >= 0.3 is 6.61 Å². The van der Waals surface area contributed by atoms with E-state index in [9.17, 15) is 13.2 Å². The number of halogens is 3. The molecule has 0 amide bonds. The third-order valence-electron chi connectivity index (χ3n) is 3.21. The maximum Gasteiger partial charge on any atom is 0.387 e. The van der Waals surface area contributed by atoms with Gasteiger partial charge in [0.25, 0.3) is 0 Å². The lowest BCUT2D eigenvalue weighted by atomic mass is 10.1. The van der Waals surface area contributed by atoms with Crippen molar-refractivity contribution in [3.05, 3.63) is 54.0 Å². The van der Waals surface area contributed by atoms with Gasteiger partial charge in [-0.25, -0.2) is 9.37 Å². The molecule has 0 saturated carbocycles. The smallest absolute Gasteiger partial charge is 0.387 e. The molecule has 0 fully saturated rings. The number of hydrogen-bond donors (Lipinski definition) is 0. The van der Waals surface area contributed by atoms with Gasteiger partial charge in [-0.15, -0.1) is 0 Å². The topological polar surface area (TPSA) is 35.0 Å². The first-order valence-electron chi connectivity index (χ1n) is 6.51. The van der Waals surface area contributed by atoms with Crippen molar-refractivity contribution >= 4 is 10.9 Å². The summed E-state index contributed by atoms with van der Waals surface area (Å²) in [5, 5.41) is 0.665. The third-order valence-corrected chi connectivity index (χ3v) is 3.21. The van der Waals surface area contributed by atoms with Crippen molar-refractivity contribution in [2.24, 2.45) is 0 Å². The summed E-state index contributed by atoms with van der Waals surface area (Å²) in [5.74, 6) is -0.407. The van der Waals surface area contributed by atoms with Crippen molar-refractivity contribution in [3.63, 3.8) is 0 Å². The minimum Gasteiger partial charge on any atom is -0.435 e. The molecule has 3 aromatic rings. The molecule has 0 aliphatic rings. The molecule has 0 unspecified atom stereocenters. The van der Waals surface area contributed by atoms with E-state index in [1.807, 2.05) is 0 Å². The number of benzene rings is 1. The zero-order valence-corrected chi connectivity index (χ0v) is 11.6. The number of fused-ring (bicyclic) bond motifs is 1. The molecule has 0 aliphatic carbocycles. The summed E-state index contributed by atoms with van der Waals surface area (Å²) >= 11 is 0. The van der Waals surface area contributed by atoms with Gasteiger partial charge < -0.3 is 4.74 Å². The molecular formula is C16H11F3N2O. The predicted molar refractivity (Wildman–Crippen MR) is 76.3 cm³/mol. The Bertz CT molecular complexity index is 837. The fourth-order valence-electron chi connectivity index (χ4n) is 2.25. The lowest BCUT2D eigenvalue weighted by Crippen LogP contribution is -2.02. The molecule has 0 N–H and O–H groups in total. The SMILES string of the molecule is Cc1cc(-c2ncccc2F)nc2ccc(OC(F)F)cc12. The standard InChI is InChI=1S/C16H11F3N2O/c1-9-7-14(15-12(17)3-2-6-20-15)21-13-5-4-10(8-11(9)13)22-16(18)19/h2-8,16H,1H3. The van der Waals surface area contributed by atoms with Crippen LogP contribution in [-0.4, -0.2) is 16.6 Å². The number of nitrogens with zero attached hydrogens (tertiary/aromatic N) is 2. The Kier molecular flexibility index (Phi) is 3.66. The molecule has 1 aromatic carbocycles. The van der Waals surface area contributed by atoms with Crippen LogP contribution >= 0.6 is 0 Å². The Hall–Kier alpha value is -2.63. The van der Waals surface area contributed by atoms with Crippen LogP contribution in [0.25, 0.3) is 22.3 Å². The highest BCUT2D eigenvalue weighted by atomic mass is 19.3. The number of rotatable bonds is 3. The van der Waals surface area contributed by atoms with Crippen molar-refractivity contribution in [3.8, 4) is 17.1 Å². The van der Waals surface area contributed by atoms with Gasteiger partial charge in [0, 0.05) is 11.6 Å². The van der Waals surface area contributed by atoms with Gasteiger partial charge in [0.05, 0.1) is 11.2 Å². The Balaban J connectivity index is 2.12. The van der Waals surface area contributed by atoms with Crippen LogP contribution in [0.15, 0.2) is 42.6 Å². The third kappa shape index (κ3) is 2.72. The highest BCUT2D eigenvalue weighted by Crippen LogP contribution is 2.28. The first-order valence-corrected chi connectivity index (χ1v) is 6.51. The fraction of sp³-hybridized carbons (Fsp3) is 0.125. The Morgan fingerprint density at radius 1 is 1.14 bits per heavy atom. The summed E-state index contributed by atoms with van der Waals surface area (Å²) < 4.78 is 42.7. The second kappa shape index (κ2) is 5.63. The molecule has 0 saturated heterocycles. The van der Waals surface area contributed by atoms with E-state index in [4.69, 9.17) is 0 Å². The van der Waals surface area contributed by atoms with Crippen molar-refractivity contribution < 1.29 is 17.9 Å². The molecule has 0 aliphatic heterocycles. The second-order valence-electron chi connectivity index (χ2n) is 4.72. The summed E-state index contributed by atoms with van der Waals surface area (Å²) in [5.41, 5.74) is 1.87. The van der Waals surface area contributed by atoms with E-state index in [-0.39, 0.29) is 11.4 Å². The molecule has 6 heteroatoms. The molecule has 3 rings (SSSR count). The van der Waals surface area contributed by atoms with Crippen molar-refractivity contribution in [2.75, 3.05) is 0 Å². The molecule has 2 aromatic heterocycles. The molecule has 112 valence electrons. The quantitative estimate of drug-likeness (QED) is 0.721. The molecule has 3 nitrogen and oxygen atoms in total. The number of pyridine rings is 2. The Morgan fingerprint density at radius 3 is 2.68 bits per heavy atom. The predicted octanol–water partition coefficient (Wildman–Crippen LogP) is 4.35. The largest absolute Gasteiger partial charge is 0.435 e. The van der Waals surface area contributed by atoms with Gasteiger partial charge in [0.15, 0.2) is 5.82 Å². The van der Waals surface area contributed by atoms with Crippen molar-refractivity contribution in [1.82, 2.24) is 9.97 Å². The van der Waals surface area contributed by atoms with E-state index in [0.717, 1.165) is 5.56 Å². The number of aromatic nitrogens is 2. The highest BCUT2D eigenvalue weighted by Gasteiger charge is 2.12. The number of hydrogen-bond acceptors (Lipinski definition) is 3. The number of aryl methyl sites for hydroxylation is 1. The zero-order valence-electron chi connectivity index (χ0n) is 11.6. The summed E-state index contributed by atoms with van der Waals surface area (Å²) in [7, 11) is 0. The van der Waals surface area contributed by atoms with Crippen LogP contribution < -0.4 is 4.74 Å². The van der Waals surface area contributed by atoms with E-state index >= 15 is 0 Å². The molecular weight excluding hydrogens is 293 g/mol. The lowest BCUT2D eigenvalue weighted by molar-refractivity contribution is -0.0497. The lowest BCUT2D eigenvalue weighted by Gasteiger charge is -2.09. The van der Waals surface area contributed by atoms with E-state index in [0.29, 0.717) is 16.6 Å². The van der Waals surface area contributed by atoms with E-state index in [2.05, 4.69) is 14.7 Å². The van der Waals surface area contributed by atoms with Crippen LogP contribution in [0, 0.1) is 12.7 Å². The Morgan fingerprint density at radius 2 is 1.95 bits per heavy atom. The second-order valence-corrected chi connectivity index (χ2v) is 4.72. The first-order chi connectivity index (χ1) is 10.5. The van der Waals surface area contributed by atoms with Gasteiger partial charge in [-0.05, 0) is 48.9 Å². The minimum atomic E-state index is -2.88. The van der Waals surface area contributed by atoms with Crippen molar-refractivity contribution in [2.45, 2.75) is 13.5 Å². The van der Waals surface area contributed by atoms with Gasteiger partial charge in [0.1, 0.15) is 11.4 Å². The van der Waals surface area contributed by atoms with Gasteiger partial charge in [-0.3, -0.25) is 4.98 Å². The Labute approximate surface area is 124 Å².